The summed E-state index contributed by atoms with van der Waals surface area (Å²) in [6.07, 6.45) is 0.719. The molecule has 168 valence electrons. The van der Waals surface area contributed by atoms with Crippen molar-refractivity contribution in [3.8, 4) is 0 Å². The van der Waals surface area contributed by atoms with Crippen LogP contribution in [0.25, 0.3) is 11.1 Å². The Labute approximate surface area is 201 Å². The highest BCUT2D eigenvalue weighted by Crippen LogP contribution is 2.52. The molecule has 0 aliphatic carbocycles. The molecular formula is C31H26F2Si. The fraction of sp³-hybridized carbons (Fsp3) is 0.129. The van der Waals surface area contributed by atoms with Crippen LogP contribution in [0.4, 0.5) is 8.78 Å². The number of benzene rings is 4. The van der Waals surface area contributed by atoms with Gasteiger partial charge in [-0.1, -0.05) is 111 Å². The van der Waals surface area contributed by atoms with E-state index in [0.717, 1.165) is 33.9 Å². The van der Waals surface area contributed by atoms with Gasteiger partial charge >= 0.3 is 0 Å². The fourth-order valence-electron chi connectivity index (χ4n) is 5.59. The van der Waals surface area contributed by atoms with Gasteiger partial charge in [-0.3, -0.25) is 0 Å². The van der Waals surface area contributed by atoms with Crippen LogP contribution in [0.5, 0.6) is 0 Å². The number of allylic oxidation sites excluding steroid dienone is 2. The van der Waals surface area contributed by atoms with Crippen molar-refractivity contribution < 1.29 is 8.78 Å². The summed E-state index contributed by atoms with van der Waals surface area (Å²) in [4.78, 5) is 0. The van der Waals surface area contributed by atoms with Crippen molar-refractivity contribution >= 4 is 24.7 Å². The van der Waals surface area contributed by atoms with Crippen LogP contribution in [0.15, 0.2) is 109 Å². The molecule has 0 spiro atoms. The van der Waals surface area contributed by atoms with E-state index in [-0.39, 0.29) is 11.6 Å². The summed E-state index contributed by atoms with van der Waals surface area (Å²) in [7, 11) is -1.52. The molecule has 0 saturated heterocycles. The highest BCUT2D eigenvalue weighted by atomic mass is 28.2. The highest BCUT2D eigenvalue weighted by Gasteiger charge is 2.48. The Morgan fingerprint density at radius 1 is 0.647 bits per heavy atom. The largest absolute Gasteiger partial charge is 0.207 e. The molecule has 1 heterocycles. The maximum Gasteiger partial charge on any atom is 0.130 e. The van der Waals surface area contributed by atoms with Crippen molar-refractivity contribution in [1.29, 1.82) is 0 Å². The van der Waals surface area contributed by atoms with Crippen molar-refractivity contribution in [1.82, 2.24) is 0 Å². The number of hydrogen-bond donors (Lipinski definition) is 0. The molecule has 0 saturated carbocycles. The van der Waals surface area contributed by atoms with E-state index < -0.39 is 13.4 Å². The first-order valence-corrected chi connectivity index (χ1v) is 13.7. The van der Waals surface area contributed by atoms with E-state index in [1.807, 2.05) is 60.7 Å². The Hall–Kier alpha value is -3.43. The third-order valence-electron chi connectivity index (χ3n) is 7.07. The average Bonchev–Trinajstić information content (AvgIpc) is 3.14. The molecule has 1 aliphatic heterocycles. The molecule has 4 aromatic rings. The van der Waals surface area contributed by atoms with E-state index in [0.29, 0.717) is 11.1 Å². The Kier molecular flexibility index (Phi) is 5.97. The van der Waals surface area contributed by atoms with Gasteiger partial charge in [-0.15, -0.1) is 0 Å². The fourth-order valence-corrected chi connectivity index (χ4v) is 9.05. The molecule has 0 bridgehead atoms. The number of halogens is 2. The normalized spacial score (nSPS) is 18.0. The lowest BCUT2D eigenvalue weighted by Crippen LogP contribution is -2.37. The second-order valence-electron chi connectivity index (χ2n) is 8.70. The summed E-state index contributed by atoms with van der Waals surface area (Å²) in [5.74, 6) is -0.438. The van der Waals surface area contributed by atoms with Crippen molar-refractivity contribution in [3.63, 3.8) is 0 Å². The predicted molar refractivity (Wildman–Crippen MR) is 140 cm³/mol. The molecule has 0 fully saturated rings. The summed E-state index contributed by atoms with van der Waals surface area (Å²) in [5.41, 5.74) is 5.56. The van der Waals surface area contributed by atoms with Gasteiger partial charge in [0.25, 0.3) is 0 Å². The first-order valence-electron chi connectivity index (χ1n) is 11.7. The van der Waals surface area contributed by atoms with Gasteiger partial charge in [-0.2, -0.15) is 0 Å². The maximum absolute atomic E-state index is 15.6. The summed E-state index contributed by atoms with van der Waals surface area (Å²) in [6, 6.07) is 34.6. The Morgan fingerprint density at radius 3 is 1.76 bits per heavy atom. The third kappa shape index (κ3) is 3.43. The standard InChI is InChI=1S/C31H26F2Si/c1-3-31(25-19-11-13-21-27(25)33)29(23-16-8-5-9-17-23)28(22-14-6-4-7-15-22)30(34(31)2)24-18-10-12-20-26(24)32/h4-21H,3H2,1-2H3. The lowest BCUT2D eigenvalue weighted by atomic mass is 9.78. The minimum atomic E-state index is -1.52. The first-order chi connectivity index (χ1) is 16.6. The van der Waals surface area contributed by atoms with Gasteiger partial charge in [0.15, 0.2) is 0 Å². The van der Waals surface area contributed by atoms with E-state index in [1.54, 1.807) is 18.2 Å². The summed E-state index contributed by atoms with van der Waals surface area (Å²) in [6.45, 7) is 4.36. The van der Waals surface area contributed by atoms with Crippen molar-refractivity contribution in [2.75, 3.05) is 0 Å². The molecular weight excluding hydrogens is 438 g/mol. The summed E-state index contributed by atoms with van der Waals surface area (Å²) in [5, 5.41) is 0.471. The van der Waals surface area contributed by atoms with Crippen molar-refractivity contribution in [2.24, 2.45) is 0 Å². The monoisotopic (exact) mass is 464 g/mol. The van der Waals surface area contributed by atoms with Crippen LogP contribution in [0.1, 0.15) is 35.6 Å². The molecule has 0 N–H and O–H groups in total. The molecule has 0 nitrogen and oxygen atoms in total. The van der Waals surface area contributed by atoms with Gasteiger partial charge in [0.2, 0.25) is 0 Å². The second kappa shape index (κ2) is 9.07. The Morgan fingerprint density at radius 2 is 1.18 bits per heavy atom. The Balaban J connectivity index is 1.99. The number of hydrogen-bond acceptors (Lipinski definition) is 0. The zero-order chi connectivity index (χ0) is 23.7. The molecule has 5 rings (SSSR count). The van der Waals surface area contributed by atoms with Gasteiger partial charge in [-0.05, 0) is 51.6 Å². The van der Waals surface area contributed by atoms with Gasteiger partial charge in [0.1, 0.15) is 11.6 Å². The van der Waals surface area contributed by atoms with Crippen LogP contribution >= 0.6 is 0 Å². The molecule has 4 aromatic carbocycles. The molecule has 0 radical (unpaired) electrons. The van der Waals surface area contributed by atoms with Crippen LogP contribution in [0.3, 0.4) is 0 Å². The van der Waals surface area contributed by atoms with Gasteiger partial charge in [-0.25, -0.2) is 8.78 Å². The van der Waals surface area contributed by atoms with E-state index in [2.05, 4.69) is 37.7 Å². The zero-order valence-electron chi connectivity index (χ0n) is 19.4. The van der Waals surface area contributed by atoms with Crippen molar-refractivity contribution in [3.05, 3.63) is 143 Å². The minimum Gasteiger partial charge on any atom is -0.207 e. The summed E-state index contributed by atoms with van der Waals surface area (Å²) < 4.78 is 31.0. The van der Waals surface area contributed by atoms with Crippen LogP contribution in [0, 0.1) is 11.6 Å². The zero-order valence-corrected chi connectivity index (χ0v) is 20.4. The maximum atomic E-state index is 15.6. The van der Waals surface area contributed by atoms with Gasteiger partial charge < -0.3 is 0 Å². The molecule has 3 heteroatoms. The molecule has 0 amide bonds. The van der Waals surface area contributed by atoms with E-state index in [9.17, 15) is 0 Å². The predicted octanol–water partition coefficient (Wildman–Crippen LogP) is 7.70. The lowest BCUT2D eigenvalue weighted by Gasteiger charge is -2.35. The lowest BCUT2D eigenvalue weighted by molar-refractivity contribution is 0.582. The van der Waals surface area contributed by atoms with Gasteiger partial charge in [0, 0.05) is 19.0 Å². The van der Waals surface area contributed by atoms with Crippen LogP contribution in [0.2, 0.25) is 6.55 Å². The summed E-state index contributed by atoms with van der Waals surface area (Å²) >= 11 is 0. The molecule has 1 aliphatic rings. The number of rotatable bonds is 5. The van der Waals surface area contributed by atoms with Crippen molar-refractivity contribution in [2.45, 2.75) is 24.9 Å². The Bertz CT molecular complexity index is 1400. The first kappa shape index (κ1) is 22.4. The second-order valence-corrected chi connectivity index (χ2v) is 11.3. The molecule has 0 aromatic heterocycles. The molecule has 34 heavy (non-hydrogen) atoms. The quantitative estimate of drug-likeness (QED) is 0.265. The third-order valence-corrected chi connectivity index (χ3v) is 10.5. The van der Waals surface area contributed by atoms with Crippen LogP contribution in [-0.2, 0) is 5.04 Å². The average molecular weight is 465 g/mol. The van der Waals surface area contributed by atoms with E-state index in [4.69, 9.17) is 0 Å². The van der Waals surface area contributed by atoms with Gasteiger partial charge in [0.05, 0.1) is 0 Å². The minimum absolute atomic E-state index is 0.204. The van der Waals surface area contributed by atoms with Crippen LogP contribution < -0.4 is 0 Å². The molecule has 1 atom stereocenters. The molecule has 1 unspecified atom stereocenters. The highest BCUT2D eigenvalue weighted by molar-refractivity contribution is 6.87. The van der Waals surface area contributed by atoms with E-state index in [1.165, 1.54) is 6.07 Å². The smallest absolute Gasteiger partial charge is 0.130 e. The topological polar surface area (TPSA) is 0 Å². The van der Waals surface area contributed by atoms with Crippen LogP contribution in [-0.4, -0.2) is 13.6 Å². The SMILES string of the molecule is CCC1(c2ccccc2F)C(c2ccccc2)=C(c2ccccc2)C(c2ccccc2F)=[Si]1C. The van der Waals surface area contributed by atoms with E-state index >= 15 is 8.78 Å².